The van der Waals surface area contributed by atoms with Crippen molar-refractivity contribution < 1.29 is 18.8 Å². The van der Waals surface area contributed by atoms with E-state index in [0.717, 1.165) is 49.9 Å². The minimum atomic E-state index is -0.863. The van der Waals surface area contributed by atoms with E-state index in [0.29, 0.717) is 48.2 Å². The van der Waals surface area contributed by atoms with Gasteiger partial charge < -0.3 is 26.6 Å². The molecule has 1 fully saturated rings. The second-order valence-corrected chi connectivity index (χ2v) is 12.7. The van der Waals surface area contributed by atoms with Crippen molar-refractivity contribution in [2.75, 3.05) is 38.0 Å². The lowest BCUT2D eigenvalue weighted by molar-refractivity contribution is -0.130. The Morgan fingerprint density at radius 2 is 1.65 bits per heavy atom. The molecule has 5 rings (SSSR count). The van der Waals surface area contributed by atoms with E-state index in [-0.39, 0.29) is 42.1 Å². The fourth-order valence-corrected chi connectivity index (χ4v) is 6.32. The predicted octanol–water partition coefficient (Wildman–Crippen LogP) is 4.60. The van der Waals surface area contributed by atoms with Gasteiger partial charge >= 0.3 is 0 Å². The van der Waals surface area contributed by atoms with Gasteiger partial charge in [0.2, 0.25) is 17.6 Å². The van der Waals surface area contributed by atoms with Crippen LogP contribution in [0.15, 0.2) is 66.7 Å². The van der Waals surface area contributed by atoms with Crippen LogP contribution < -0.4 is 21.7 Å². The Balaban J connectivity index is 0.00000583. The lowest BCUT2D eigenvalue weighted by atomic mass is 9.81. The number of carbonyl (C=O) groups excluding carboxylic acids is 3. The minimum absolute atomic E-state index is 0. The molecule has 1 aliphatic carbocycles. The monoisotopic (exact) mass is 719 g/mol. The van der Waals surface area contributed by atoms with E-state index < -0.39 is 17.8 Å². The molecule has 1 atom stereocenters. The lowest BCUT2D eigenvalue weighted by Gasteiger charge is -2.28. The first kappa shape index (κ1) is 39.1. The molecule has 0 saturated heterocycles. The zero-order valence-electron chi connectivity index (χ0n) is 29.0. The van der Waals surface area contributed by atoms with E-state index in [9.17, 15) is 14.4 Å². The van der Waals surface area contributed by atoms with Crippen molar-refractivity contribution in [3.8, 4) is 22.5 Å². The van der Waals surface area contributed by atoms with Crippen molar-refractivity contribution in [3.05, 3.63) is 83.7 Å². The maximum atomic E-state index is 15.6. The fourth-order valence-electron chi connectivity index (χ4n) is 6.32. The molecule has 3 amide bonds. The van der Waals surface area contributed by atoms with Crippen molar-refractivity contribution in [2.24, 2.45) is 17.6 Å². The molecule has 1 aromatic heterocycles. The number of nitrogens with zero attached hydrogens (tertiary/aromatic N) is 4. The van der Waals surface area contributed by atoms with Gasteiger partial charge in [-0.15, -0.1) is 22.6 Å². The number of likely N-dealkylation sites (N-methyl/N-ethyl adjacent to an activating group) is 1. The van der Waals surface area contributed by atoms with Crippen LogP contribution in [-0.4, -0.2) is 82.0 Å². The maximum Gasteiger partial charge on any atom is 0.254 e. The van der Waals surface area contributed by atoms with Gasteiger partial charge in [0.1, 0.15) is 11.9 Å². The van der Waals surface area contributed by atoms with Crippen LogP contribution in [0.5, 0.6) is 0 Å². The van der Waals surface area contributed by atoms with Crippen LogP contribution in [0.25, 0.3) is 22.5 Å². The molecule has 1 heterocycles. The summed E-state index contributed by atoms with van der Waals surface area (Å²) >= 11 is 0. The highest BCUT2D eigenvalue weighted by molar-refractivity contribution is 5.98. The smallest absolute Gasteiger partial charge is 0.254 e. The quantitative estimate of drug-likeness (QED) is 0.119. The molecule has 0 bridgehead atoms. The number of carbonyl (C=O) groups is 3. The molecule has 0 radical (unpaired) electrons. The minimum Gasteiger partial charge on any atom is -0.351 e. The summed E-state index contributed by atoms with van der Waals surface area (Å²) in [5, 5.41) is 22.7. The van der Waals surface area contributed by atoms with E-state index in [2.05, 4.69) is 55.3 Å². The number of nitrogens with one attached hydrogen (secondary N) is 4. The zero-order valence-corrected chi connectivity index (χ0v) is 29.8. The third-order valence-corrected chi connectivity index (χ3v) is 9.50. The summed E-state index contributed by atoms with van der Waals surface area (Å²) in [4.78, 5) is 42.1. The van der Waals surface area contributed by atoms with Crippen LogP contribution >= 0.6 is 12.4 Å². The van der Waals surface area contributed by atoms with Gasteiger partial charge in [0.15, 0.2) is 0 Å². The van der Waals surface area contributed by atoms with Crippen LogP contribution in [0.3, 0.4) is 0 Å². The molecule has 6 N–H and O–H groups in total. The van der Waals surface area contributed by atoms with E-state index in [1.807, 2.05) is 12.1 Å². The first-order chi connectivity index (χ1) is 24.3. The lowest BCUT2D eigenvalue weighted by Crippen LogP contribution is -2.48. The van der Waals surface area contributed by atoms with Crippen molar-refractivity contribution in [2.45, 2.75) is 52.0 Å². The number of anilines is 1. The molecule has 1 aliphatic rings. The van der Waals surface area contributed by atoms with E-state index in [1.54, 1.807) is 48.5 Å². The topological polar surface area (TPSA) is 171 Å². The van der Waals surface area contributed by atoms with Crippen molar-refractivity contribution in [3.63, 3.8) is 0 Å². The number of amides is 3. The Kier molecular flexibility index (Phi) is 14.6. The number of rotatable bonds is 15. The van der Waals surface area contributed by atoms with E-state index >= 15 is 4.39 Å². The molecular weight excluding hydrogens is 673 g/mol. The van der Waals surface area contributed by atoms with Crippen LogP contribution in [0, 0.1) is 17.7 Å². The third kappa shape index (κ3) is 10.4. The van der Waals surface area contributed by atoms with Crippen LogP contribution in [0.1, 0.15) is 55.5 Å². The zero-order chi connectivity index (χ0) is 35.5. The van der Waals surface area contributed by atoms with Crippen LogP contribution in [0.4, 0.5) is 10.1 Å². The Morgan fingerprint density at radius 3 is 2.27 bits per heavy atom. The Morgan fingerprint density at radius 1 is 0.961 bits per heavy atom. The number of nitrogens with two attached hydrogens (primary N) is 1. The SMILES string of the molecule is CCN(CC)CCNC(=O)c1cccc(-c2ccc(C[C@H](NC(=O)C3CCC(CN)CC3)C(=O)Nc3ccc(-c4nn[nH]n4)cc3)cc2)c1F.Cl. The number of aromatic amines is 1. The number of hydrogen-bond donors (Lipinski definition) is 5. The summed E-state index contributed by atoms with van der Waals surface area (Å²) in [5.41, 5.74) is 8.78. The first-order valence-corrected chi connectivity index (χ1v) is 17.3. The Hall–Kier alpha value is -4.72. The molecule has 1 saturated carbocycles. The molecular formula is C37H47ClFN9O3. The van der Waals surface area contributed by atoms with Gasteiger partial charge in [0.25, 0.3) is 5.91 Å². The number of aromatic nitrogens is 4. The van der Waals surface area contributed by atoms with E-state index in [4.69, 9.17) is 5.73 Å². The van der Waals surface area contributed by atoms with Gasteiger partial charge in [-0.3, -0.25) is 14.4 Å². The standard InChI is InChI=1S/C37H46FN9O3.ClH/c1-3-47(4-2)21-20-40-36(49)31-7-5-6-30(33(31)38)26-12-8-24(9-13-26)22-32(42-35(48)28-14-10-25(23-39)11-15-28)37(50)41-29-18-16-27(17-19-29)34-43-45-46-44-34;/h5-9,12-13,16-19,25,28,32H,3-4,10-11,14-15,20-23,39H2,1-2H3,(H,40,49)(H,41,50)(H,42,48)(H,43,44,45,46);1H/t25?,28?,32-;/m0./s1. The highest BCUT2D eigenvalue weighted by Crippen LogP contribution is 2.29. The molecule has 14 heteroatoms. The number of tetrazole rings is 1. The van der Waals surface area contributed by atoms with Crippen LogP contribution in [-0.2, 0) is 16.0 Å². The van der Waals surface area contributed by atoms with Gasteiger partial charge in [0, 0.05) is 42.2 Å². The molecule has 0 aliphatic heterocycles. The second kappa shape index (κ2) is 19.0. The average molecular weight is 720 g/mol. The summed E-state index contributed by atoms with van der Waals surface area (Å²) < 4.78 is 15.6. The van der Waals surface area contributed by atoms with Gasteiger partial charge in [-0.05, 0) is 97.9 Å². The van der Waals surface area contributed by atoms with Crippen molar-refractivity contribution >= 4 is 35.8 Å². The Labute approximate surface area is 303 Å². The van der Waals surface area contributed by atoms with Crippen molar-refractivity contribution in [1.29, 1.82) is 0 Å². The molecule has 3 aromatic carbocycles. The molecule has 4 aromatic rings. The van der Waals surface area contributed by atoms with Gasteiger partial charge in [-0.2, -0.15) is 5.21 Å². The second-order valence-electron chi connectivity index (χ2n) is 12.7. The normalized spacial score (nSPS) is 16.2. The number of benzene rings is 3. The number of hydrogen-bond acceptors (Lipinski definition) is 8. The molecule has 0 spiro atoms. The highest BCUT2D eigenvalue weighted by atomic mass is 35.5. The van der Waals surface area contributed by atoms with Crippen molar-refractivity contribution in [1.82, 2.24) is 36.2 Å². The Bertz CT molecular complexity index is 1710. The van der Waals surface area contributed by atoms with Gasteiger partial charge in [-0.1, -0.05) is 50.2 Å². The summed E-state index contributed by atoms with van der Waals surface area (Å²) in [7, 11) is 0. The molecule has 12 nitrogen and oxygen atoms in total. The van der Waals surface area contributed by atoms with E-state index in [1.165, 1.54) is 6.07 Å². The molecule has 272 valence electrons. The number of halogens is 2. The first-order valence-electron chi connectivity index (χ1n) is 17.3. The summed E-state index contributed by atoms with van der Waals surface area (Å²) in [6.07, 6.45) is 3.44. The molecule has 0 unspecified atom stereocenters. The fraction of sp³-hybridized carbons (Fsp3) is 0.405. The van der Waals surface area contributed by atoms with Crippen LogP contribution in [0.2, 0.25) is 0 Å². The third-order valence-electron chi connectivity index (χ3n) is 9.50. The summed E-state index contributed by atoms with van der Waals surface area (Å²) in [6.45, 7) is 7.57. The molecule has 51 heavy (non-hydrogen) atoms. The maximum absolute atomic E-state index is 15.6. The summed E-state index contributed by atoms with van der Waals surface area (Å²) in [6, 6.07) is 18.1. The average Bonchev–Trinajstić information content (AvgIpc) is 3.69. The number of H-pyrrole nitrogens is 1. The van der Waals surface area contributed by atoms with Gasteiger partial charge in [-0.25, -0.2) is 4.39 Å². The van der Waals surface area contributed by atoms with Gasteiger partial charge in [0.05, 0.1) is 5.56 Å². The predicted molar refractivity (Wildman–Crippen MR) is 198 cm³/mol. The largest absolute Gasteiger partial charge is 0.351 e. The summed E-state index contributed by atoms with van der Waals surface area (Å²) in [5.74, 6) is -0.908. The highest BCUT2D eigenvalue weighted by Gasteiger charge is 2.29.